The third-order valence-electron chi connectivity index (χ3n) is 3.68. The lowest BCUT2D eigenvalue weighted by atomic mass is 9.82. The quantitative estimate of drug-likeness (QED) is 0.873. The molecule has 2 rings (SSSR count). The summed E-state index contributed by atoms with van der Waals surface area (Å²) in [5.74, 6) is 0.626. The highest BCUT2D eigenvalue weighted by atomic mass is 35.5. The fraction of sp³-hybridized carbons (Fsp3) is 0.571. The molecule has 1 heterocycles. The molecule has 0 amide bonds. The van der Waals surface area contributed by atoms with Crippen LogP contribution in [0.3, 0.4) is 0 Å². The predicted octanol–water partition coefficient (Wildman–Crippen LogP) is 3.39. The molecule has 0 unspecified atom stereocenters. The lowest BCUT2D eigenvalue weighted by Gasteiger charge is -2.30. The van der Waals surface area contributed by atoms with Crippen LogP contribution in [0.4, 0.5) is 4.39 Å². The van der Waals surface area contributed by atoms with Crippen molar-refractivity contribution in [1.82, 2.24) is 5.32 Å². The molecule has 0 aromatic heterocycles. The molecule has 1 nitrogen and oxygen atoms in total. The van der Waals surface area contributed by atoms with Gasteiger partial charge in [-0.1, -0.05) is 23.7 Å². The van der Waals surface area contributed by atoms with Gasteiger partial charge >= 0.3 is 0 Å². The van der Waals surface area contributed by atoms with Crippen molar-refractivity contribution < 1.29 is 4.39 Å². The van der Waals surface area contributed by atoms with Crippen LogP contribution in [-0.2, 0) is 6.42 Å². The molecular formula is C14H19ClFN. The average molecular weight is 256 g/mol. The molecule has 1 aliphatic heterocycles. The van der Waals surface area contributed by atoms with Gasteiger partial charge in [0.15, 0.2) is 0 Å². The number of alkyl halides is 1. The SMILES string of the molecule is Cc1cc(C[C@H]2CCNC[C@H]2CF)ccc1Cl. The topological polar surface area (TPSA) is 12.0 Å². The van der Waals surface area contributed by atoms with Crippen LogP contribution in [0.2, 0.25) is 5.02 Å². The molecule has 0 saturated carbocycles. The second kappa shape index (κ2) is 5.83. The van der Waals surface area contributed by atoms with Gasteiger partial charge < -0.3 is 5.32 Å². The summed E-state index contributed by atoms with van der Waals surface area (Å²) in [6.45, 7) is 3.62. The van der Waals surface area contributed by atoms with Crippen molar-refractivity contribution in [3.63, 3.8) is 0 Å². The molecule has 1 aromatic rings. The summed E-state index contributed by atoms with van der Waals surface area (Å²) < 4.78 is 12.9. The minimum atomic E-state index is -0.218. The second-order valence-electron chi connectivity index (χ2n) is 4.95. The number of nitrogens with one attached hydrogen (secondary N) is 1. The number of aryl methyl sites for hydroxylation is 1. The molecule has 17 heavy (non-hydrogen) atoms. The van der Waals surface area contributed by atoms with Gasteiger partial charge in [0, 0.05) is 17.5 Å². The molecule has 1 fully saturated rings. The van der Waals surface area contributed by atoms with Crippen molar-refractivity contribution in [2.75, 3.05) is 19.8 Å². The fourth-order valence-electron chi connectivity index (χ4n) is 2.56. The third-order valence-corrected chi connectivity index (χ3v) is 4.11. The Morgan fingerprint density at radius 1 is 1.41 bits per heavy atom. The summed E-state index contributed by atoms with van der Waals surface area (Å²) in [6.07, 6.45) is 2.03. The first-order valence-corrected chi connectivity index (χ1v) is 6.60. The van der Waals surface area contributed by atoms with Gasteiger partial charge in [0.25, 0.3) is 0 Å². The minimum absolute atomic E-state index is 0.166. The summed E-state index contributed by atoms with van der Waals surface area (Å²) in [6, 6.07) is 6.13. The van der Waals surface area contributed by atoms with Crippen molar-refractivity contribution in [3.05, 3.63) is 34.3 Å². The molecule has 3 heteroatoms. The Hall–Kier alpha value is -0.600. The zero-order valence-corrected chi connectivity index (χ0v) is 10.9. The van der Waals surface area contributed by atoms with Crippen molar-refractivity contribution >= 4 is 11.6 Å². The zero-order valence-electron chi connectivity index (χ0n) is 10.2. The molecule has 94 valence electrons. The second-order valence-corrected chi connectivity index (χ2v) is 5.36. The molecule has 1 N–H and O–H groups in total. The van der Waals surface area contributed by atoms with E-state index in [1.54, 1.807) is 0 Å². The first-order chi connectivity index (χ1) is 8.20. The standard InChI is InChI=1S/C14H19ClFN/c1-10-6-11(2-3-14(10)15)7-12-4-5-17-9-13(12)8-16/h2-3,6,12-13,17H,4-5,7-9H2,1H3/t12-,13-/m1/s1. The Kier molecular flexibility index (Phi) is 4.41. The molecular weight excluding hydrogens is 237 g/mol. The molecule has 1 saturated heterocycles. The normalized spacial score (nSPS) is 24.9. The Morgan fingerprint density at radius 3 is 2.94 bits per heavy atom. The van der Waals surface area contributed by atoms with E-state index in [1.807, 2.05) is 13.0 Å². The summed E-state index contributed by atoms with van der Waals surface area (Å²) in [7, 11) is 0. The van der Waals surface area contributed by atoms with Crippen molar-refractivity contribution in [3.8, 4) is 0 Å². The summed E-state index contributed by atoms with van der Waals surface area (Å²) in [4.78, 5) is 0. The van der Waals surface area contributed by atoms with Crippen LogP contribution >= 0.6 is 11.6 Å². The highest BCUT2D eigenvalue weighted by molar-refractivity contribution is 6.31. The Morgan fingerprint density at radius 2 is 2.24 bits per heavy atom. The van der Waals surface area contributed by atoms with Gasteiger partial charge in [-0.25, -0.2) is 0 Å². The molecule has 1 aliphatic rings. The zero-order chi connectivity index (χ0) is 12.3. The molecule has 0 radical (unpaired) electrons. The van der Waals surface area contributed by atoms with Crippen LogP contribution in [-0.4, -0.2) is 19.8 Å². The minimum Gasteiger partial charge on any atom is -0.316 e. The fourth-order valence-corrected chi connectivity index (χ4v) is 2.68. The maximum atomic E-state index is 12.9. The highest BCUT2D eigenvalue weighted by Gasteiger charge is 2.24. The number of piperidine rings is 1. The number of hydrogen-bond acceptors (Lipinski definition) is 1. The van der Waals surface area contributed by atoms with Crippen LogP contribution in [0.25, 0.3) is 0 Å². The average Bonchev–Trinajstić information content (AvgIpc) is 2.34. The monoisotopic (exact) mass is 255 g/mol. The van der Waals surface area contributed by atoms with E-state index in [-0.39, 0.29) is 12.6 Å². The largest absolute Gasteiger partial charge is 0.316 e. The summed E-state index contributed by atoms with van der Waals surface area (Å²) >= 11 is 6.01. The maximum absolute atomic E-state index is 12.9. The molecule has 0 aliphatic carbocycles. The van der Waals surface area contributed by atoms with Crippen LogP contribution < -0.4 is 5.32 Å². The Balaban J connectivity index is 2.05. The number of benzene rings is 1. The lowest BCUT2D eigenvalue weighted by molar-refractivity contribution is 0.206. The van der Waals surface area contributed by atoms with Gasteiger partial charge in [-0.3, -0.25) is 4.39 Å². The first kappa shape index (κ1) is 12.8. The maximum Gasteiger partial charge on any atom is 0.0937 e. The van der Waals surface area contributed by atoms with E-state index in [2.05, 4.69) is 17.4 Å². The van der Waals surface area contributed by atoms with Gasteiger partial charge in [0.2, 0.25) is 0 Å². The van der Waals surface area contributed by atoms with E-state index in [0.717, 1.165) is 36.5 Å². The van der Waals surface area contributed by atoms with Gasteiger partial charge in [-0.2, -0.15) is 0 Å². The van der Waals surface area contributed by atoms with Crippen LogP contribution in [0, 0.1) is 18.8 Å². The van der Waals surface area contributed by atoms with Crippen molar-refractivity contribution in [2.24, 2.45) is 11.8 Å². The molecule has 0 bridgehead atoms. The summed E-state index contributed by atoms with van der Waals surface area (Å²) in [5.41, 5.74) is 2.38. The lowest BCUT2D eigenvalue weighted by Crippen LogP contribution is -2.38. The van der Waals surface area contributed by atoms with Crippen LogP contribution in [0.5, 0.6) is 0 Å². The molecule has 1 aromatic carbocycles. The van der Waals surface area contributed by atoms with E-state index in [0.29, 0.717) is 5.92 Å². The number of halogens is 2. The Bertz CT molecular complexity index is 380. The van der Waals surface area contributed by atoms with Crippen LogP contribution in [0.15, 0.2) is 18.2 Å². The van der Waals surface area contributed by atoms with Gasteiger partial charge in [-0.15, -0.1) is 0 Å². The molecule has 0 spiro atoms. The Labute approximate surface area is 107 Å². The van der Waals surface area contributed by atoms with Crippen molar-refractivity contribution in [1.29, 1.82) is 0 Å². The van der Waals surface area contributed by atoms with E-state index < -0.39 is 0 Å². The smallest absolute Gasteiger partial charge is 0.0937 e. The van der Waals surface area contributed by atoms with Crippen molar-refractivity contribution in [2.45, 2.75) is 19.8 Å². The molecule has 2 atom stereocenters. The highest BCUT2D eigenvalue weighted by Crippen LogP contribution is 2.26. The number of hydrogen-bond donors (Lipinski definition) is 1. The van der Waals surface area contributed by atoms with Crippen LogP contribution in [0.1, 0.15) is 17.5 Å². The van der Waals surface area contributed by atoms with E-state index in [9.17, 15) is 4.39 Å². The van der Waals surface area contributed by atoms with E-state index >= 15 is 0 Å². The first-order valence-electron chi connectivity index (χ1n) is 6.22. The predicted molar refractivity (Wildman–Crippen MR) is 70.3 cm³/mol. The van der Waals surface area contributed by atoms with E-state index in [1.165, 1.54) is 5.56 Å². The van der Waals surface area contributed by atoms with E-state index in [4.69, 9.17) is 11.6 Å². The van der Waals surface area contributed by atoms with Gasteiger partial charge in [-0.05, 0) is 49.4 Å². The third kappa shape index (κ3) is 3.20. The van der Waals surface area contributed by atoms with Gasteiger partial charge in [0.05, 0.1) is 6.67 Å². The number of rotatable bonds is 3. The van der Waals surface area contributed by atoms with Gasteiger partial charge in [0.1, 0.15) is 0 Å². The summed E-state index contributed by atoms with van der Waals surface area (Å²) in [5, 5.41) is 4.07.